The van der Waals surface area contributed by atoms with Crippen LogP contribution in [-0.4, -0.2) is 28.5 Å². The van der Waals surface area contributed by atoms with Crippen molar-refractivity contribution in [3.63, 3.8) is 0 Å². The molecule has 2 heterocycles. The molecule has 0 radical (unpaired) electrons. The van der Waals surface area contributed by atoms with E-state index in [1.807, 2.05) is 17.7 Å². The largest absolute Gasteiger partial charge is 0.379 e. The predicted molar refractivity (Wildman–Crippen MR) is 51.4 cm³/mol. The molecule has 0 bridgehead atoms. The van der Waals surface area contributed by atoms with Crippen LogP contribution in [0.1, 0.15) is 35.7 Å². The van der Waals surface area contributed by atoms with E-state index in [0.717, 1.165) is 25.5 Å². The summed E-state index contributed by atoms with van der Waals surface area (Å²) in [5.41, 5.74) is 0.550. The highest BCUT2D eigenvalue weighted by molar-refractivity contribution is 5.91. The molecule has 76 valence electrons. The summed E-state index contributed by atoms with van der Waals surface area (Å²) < 4.78 is 7.35. The maximum Gasteiger partial charge on any atom is 0.179 e. The van der Waals surface area contributed by atoms with Crippen LogP contribution in [0.4, 0.5) is 0 Å². The lowest BCUT2D eigenvalue weighted by atomic mass is 10.2. The van der Waals surface area contributed by atoms with E-state index in [-0.39, 0.29) is 5.78 Å². The smallest absolute Gasteiger partial charge is 0.179 e. The van der Waals surface area contributed by atoms with Crippen LogP contribution in [0.25, 0.3) is 0 Å². The summed E-state index contributed by atoms with van der Waals surface area (Å²) in [6, 6.07) is 0.357. The molecule has 1 aliphatic rings. The minimum atomic E-state index is 0.0192. The summed E-state index contributed by atoms with van der Waals surface area (Å²) in [6.45, 7) is 4.99. The van der Waals surface area contributed by atoms with Crippen LogP contribution < -0.4 is 0 Å². The molecule has 0 spiro atoms. The number of aryl methyl sites for hydroxylation is 1. The van der Waals surface area contributed by atoms with Gasteiger partial charge in [-0.15, -0.1) is 0 Å². The fraction of sp³-hybridized carbons (Fsp3) is 0.600. The van der Waals surface area contributed by atoms with Gasteiger partial charge in [0.1, 0.15) is 11.5 Å². The van der Waals surface area contributed by atoms with Gasteiger partial charge in [-0.1, -0.05) is 0 Å². The van der Waals surface area contributed by atoms with Crippen LogP contribution in [0, 0.1) is 6.92 Å². The van der Waals surface area contributed by atoms with Crippen molar-refractivity contribution < 1.29 is 9.53 Å². The first-order valence-corrected chi connectivity index (χ1v) is 4.82. The third kappa shape index (κ3) is 1.57. The fourth-order valence-electron chi connectivity index (χ4n) is 1.77. The minimum Gasteiger partial charge on any atom is -0.379 e. The second-order valence-electron chi connectivity index (χ2n) is 3.65. The van der Waals surface area contributed by atoms with Gasteiger partial charge < -0.3 is 9.30 Å². The van der Waals surface area contributed by atoms with E-state index < -0.39 is 0 Å². The molecule has 0 amide bonds. The number of Topliss-reactive ketones (excluding diaryl/α,β-unsaturated/α-hetero) is 1. The van der Waals surface area contributed by atoms with E-state index in [9.17, 15) is 4.79 Å². The van der Waals surface area contributed by atoms with Gasteiger partial charge in [0.15, 0.2) is 5.78 Å². The Balaban J connectivity index is 2.28. The molecule has 0 aromatic carbocycles. The fourth-order valence-corrected chi connectivity index (χ4v) is 1.77. The van der Waals surface area contributed by atoms with Crippen molar-refractivity contribution in [1.29, 1.82) is 0 Å². The molecule has 1 aromatic heterocycles. The van der Waals surface area contributed by atoms with Crippen molar-refractivity contribution in [2.45, 2.75) is 26.3 Å². The van der Waals surface area contributed by atoms with E-state index in [1.54, 1.807) is 0 Å². The molecular formula is C10H14N2O2. The van der Waals surface area contributed by atoms with Crippen molar-refractivity contribution in [3.05, 3.63) is 17.7 Å². The Morgan fingerprint density at radius 1 is 1.71 bits per heavy atom. The van der Waals surface area contributed by atoms with Gasteiger partial charge in [-0.3, -0.25) is 4.79 Å². The maximum atomic E-state index is 11.1. The van der Waals surface area contributed by atoms with E-state index in [1.165, 1.54) is 6.92 Å². The van der Waals surface area contributed by atoms with Crippen molar-refractivity contribution in [1.82, 2.24) is 9.55 Å². The van der Waals surface area contributed by atoms with Gasteiger partial charge >= 0.3 is 0 Å². The van der Waals surface area contributed by atoms with E-state index in [0.29, 0.717) is 11.7 Å². The maximum absolute atomic E-state index is 11.1. The van der Waals surface area contributed by atoms with Crippen molar-refractivity contribution in [3.8, 4) is 0 Å². The Bertz CT molecular complexity index is 351. The van der Waals surface area contributed by atoms with Gasteiger partial charge in [0, 0.05) is 19.7 Å². The lowest BCUT2D eigenvalue weighted by Gasteiger charge is -2.10. The SMILES string of the molecule is CC(=O)c1cn(C2CCOC2)c(C)n1. The average molecular weight is 194 g/mol. The Labute approximate surface area is 82.9 Å². The minimum absolute atomic E-state index is 0.0192. The number of hydrogen-bond donors (Lipinski definition) is 0. The van der Waals surface area contributed by atoms with Crippen molar-refractivity contribution >= 4 is 5.78 Å². The molecule has 14 heavy (non-hydrogen) atoms. The van der Waals surface area contributed by atoms with Gasteiger partial charge in [0.05, 0.1) is 12.6 Å². The van der Waals surface area contributed by atoms with Crippen LogP contribution in [-0.2, 0) is 4.74 Å². The molecule has 4 nitrogen and oxygen atoms in total. The molecule has 1 aliphatic heterocycles. The Morgan fingerprint density at radius 3 is 3.00 bits per heavy atom. The summed E-state index contributed by atoms with van der Waals surface area (Å²) in [6.07, 6.45) is 2.84. The molecule has 0 N–H and O–H groups in total. The molecule has 1 saturated heterocycles. The second kappa shape index (κ2) is 3.53. The van der Waals surface area contributed by atoms with Gasteiger partial charge in [0.2, 0.25) is 0 Å². The summed E-state index contributed by atoms with van der Waals surface area (Å²) >= 11 is 0. The van der Waals surface area contributed by atoms with Crippen molar-refractivity contribution in [2.24, 2.45) is 0 Å². The zero-order valence-corrected chi connectivity index (χ0v) is 8.49. The zero-order valence-electron chi connectivity index (χ0n) is 8.49. The average Bonchev–Trinajstić information content (AvgIpc) is 2.71. The molecule has 1 atom stereocenters. The topological polar surface area (TPSA) is 44.1 Å². The number of imidazole rings is 1. The summed E-state index contributed by atoms with van der Waals surface area (Å²) in [4.78, 5) is 15.3. The van der Waals surface area contributed by atoms with Crippen LogP contribution in [0.2, 0.25) is 0 Å². The Kier molecular flexibility index (Phi) is 2.37. The number of aromatic nitrogens is 2. The molecule has 4 heteroatoms. The Hall–Kier alpha value is -1.16. The second-order valence-corrected chi connectivity index (χ2v) is 3.65. The van der Waals surface area contributed by atoms with Gasteiger partial charge in [-0.25, -0.2) is 4.98 Å². The monoisotopic (exact) mass is 194 g/mol. The highest BCUT2D eigenvalue weighted by Crippen LogP contribution is 2.20. The van der Waals surface area contributed by atoms with Crippen LogP contribution in [0.15, 0.2) is 6.20 Å². The summed E-state index contributed by atoms with van der Waals surface area (Å²) in [7, 11) is 0. The van der Waals surface area contributed by atoms with Crippen LogP contribution >= 0.6 is 0 Å². The number of carbonyl (C=O) groups is 1. The molecule has 2 rings (SSSR count). The number of ketones is 1. The van der Waals surface area contributed by atoms with E-state index >= 15 is 0 Å². The first kappa shape index (κ1) is 9.40. The highest BCUT2D eigenvalue weighted by Gasteiger charge is 2.20. The normalized spacial score (nSPS) is 21.4. The molecule has 1 unspecified atom stereocenters. The van der Waals surface area contributed by atoms with Gasteiger partial charge in [0.25, 0.3) is 0 Å². The quantitative estimate of drug-likeness (QED) is 0.667. The van der Waals surface area contributed by atoms with Crippen LogP contribution in [0.5, 0.6) is 0 Å². The van der Waals surface area contributed by atoms with Gasteiger partial charge in [-0.05, 0) is 13.3 Å². The zero-order chi connectivity index (χ0) is 10.1. The molecule has 0 saturated carbocycles. The number of rotatable bonds is 2. The lowest BCUT2D eigenvalue weighted by molar-refractivity contribution is 0.101. The number of hydrogen-bond acceptors (Lipinski definition) is 3. The first-order chi connectivity index (χ1) is 6.68. The summed E-state index contributed by atoms with van der Waals surface area (Å²) in [5.74, 6) is 0.913. The number of carbonyl (C=O) groups excluding carboxylic acids is 1. The van der Waals surface area contributed by atoms with Crippen LogP contribution in [0.3, 0.4) is 0 Å². The van der Waals surface area contributed by atoms with Crippen molar-refractivity contribution in [2.75, 3.05) is 13.2 Å². The first-order valence-electron chi connectivity index (χ1n) is 4.82. The lowest BCUT2D eigenvalue weighted by Crippen LogP contribution is -2.09. The number of nitrogens with zero attached hydrogens (tertiary/aromatic N) is 2. The predicted octanol–water partition coefficient (Wildman–Crippen LogP) is 1.36. The number of ether oxygens (including phenoxy) is 1. The molecule has 1 fully saturated rings. The third-order valence-corrected chi connectivity index (χ3v) is 2.58. The summed E-state index contributed by atoms with van der Waals surface area (Å²) in [5, 5.41) is 0. The molecular weight excluding hydrogens is 180 g/mol. The molecule has 0 aliphatic carbocycles. The van der Waals surface area contributed by atoms with E-state index in [4.69, 9.17) is 4.74 Å². The standard InChI is InChI=1S/C10H14N2O2/c1-7(13)10-5-12(8(2)11-10)9-3-4-14-6-9/h5,9H,3-4,6H2,1-2H3. The molecule has 1 aromatic rings. The highest BCUT2D eigenvalue weighted by atomic mass is 16.5. The third-order valence-electron chi connectivity index (χ3n) is 2.58. The van der Waals surface area contributed by atoms with E-state index in [2.05, 4.69) is 4.98 Å². The van der Waals surface area contributed by atoms with Gasteiger partial charge in [-0.2, -0.15) is 0 Å². The Morgan fingerprint density at radius 2 is 2.50 bits per heavy atom.